The lowest BCUT2D eigenvalue weighted by Gasteiger charge is -2.14. The van der Waals surface area contributed by atoms with Crippen LogP contribution in [0.15, 0.2) is 42.7 Å². The third kappa shape index (κ3) is 4.03. The number of aromatic nitrogens is 2. The molecule has 0 fully saturated rings. The highest BCUT2D eigenvalue weighted by molar-refractivity contribution is 7.92. The van der Waals surface area contributed by atoms with Crippen molar-refractivity contribution in [3.05, 3.63) is 53.6 Å². The lowest BCUT2D eigenvalue weighted by Crippen LogP contribution is -2.16. The van der Waals surface area contributed by atoms with Crippen molar-refractivity contribution in [2.75, 3.05) is 15.8 Å². The maximum Gasteiger partial charge on any atom is 0.232 e. The molecule has 0 amide bonds. The summed E-state index contributed by atoms with van der Waals surface area (Å²) in [5, 5.41) is 2.83. The Labute approximate surface area is 155 Å². The Morgan fingerprint density at radius 3 is 2.58 bits per heavy atom. The third-order valence-corrected chi connectivity index (χ3v) is 5.44. The van der Waals surface area contributed by atoms with Crippen LogP contribution >= 0.6 is 11.6 Å². The number of hydrogen-bond acceptors (Lipinski definition) is 5. The first-order valence-corrected chi connectivity index (χ1v) is 9.89. The van der Waals surface area contributed by atoms with Gasteiger partial charge in [-0.05, 0) is 36.8 Å². The average molecular weight is 395 g/mol. The molecular weight excluding hydrogens is 379 g/mol. The Balaban J connectivity index is 1.95. The van der Waals surface area contributed by atoms with Crippen molar-refractivity contribution in [2.24, 2.45) is 0 Å². The van der Waals surface area contributed by atoms with E-state index in [9.17, 15) is 12.8 Å². The van der Waals surface area contributed by atoms with E-state index < -0.39 is 15.8 Å². The van der Waals surface area contributed by atoms with E-state index >= 15 is 0 Å². The fraction of sp³-hybridized carbons (Fsp3) is 0.176. The van der Waals surface area contributed by atoms with E-state index in [1.165, 1.54) is 6.07 Å². The van der Waals surface area contributed by atoms with Crippen LogP contribution in [0.3, 0.4) is 0 Å². The molecule has 0 atom stereocenters. The molecule has 1 heterocycles. The number of nitrogens with one attached hydrogen (secondary N) is 2. The van der Waals surface area contributed by atoms with Crippen LogP contribution in [-0.4, -0.2) is 24.1 Å². The summed E-state index contributed by atoms with van der Waals surface area (Å²) >= 11 is 6.23. The van der Waals surface area contributed by atoms with Gasteiger partial charge in [0.1, 0.15) is 5.82 Å². The Morgan fingerprint density at radius 1 is 1.12 bits per heavy atom. The topological polar surface area (TPSA) is 84.0 Å². The predicted octanol–water partition coefficient (Wildman–Crippen LogP) is 4.32. The van der Waals surface area contributed by atoms with E-state index in [-0.39, 0.29) is 22.2 Å². The number of rotatable bonds is 6. The van der Waals surface area contributed by atoms with Gasteiger partial charge in [0.05, 0.1) is 33.2 Å². The van der Waals surface area contributed by atoms with Crippen molar-refractivity contribution in [3.8, 4) is 0 Å². The summed E-state index contributed by atoms with van der Waals surface area (Å²) in [4.78, 5) is 8.36. The smallest absolute Gasteiger partial charge is 0.232 e. The van der Waals surface area contributed by atoms with E-state index in [1.807, 2.05) is 0 Å². The molecule has 0 radical (unpaired) electrons. The van der Waals surface area contributed by atoms with Crippen LogP contribution in [-0.2, 0) is 10.0 Å². The van der Waals surface area contributed by atoms with Gasteiger partial charge in [0.2, 0.25) is 10.0 Å². The van der Waals surface area contributed by atoms with Gasteiger partial charge in [-0.25, -0.2) is 12.8 Å². The van der Waals surface area contributed by atoms with Gasteiger partial charge in [-0.15, -0.1) is 0 Å². The highest BCUT2D eigenvalue weighted by Crippen LogP contribution is 2.35. The summed E-state index contributed by atoms with van der Waals surface area (Å²) in [6.45, 7) is 1.75. The SMILES string of the molecule is CCCS(=O)(=O)Nc1ccc(F)c(Nc2ccc3nccnc3c2)c1Cl. The molecule has 2 aromatic carbocycles. The minimum absolute atomic E-state index is 0.0217. The first-order valence-electron chi connectivity index (χ1n) is 7.86. The second-order valence-corrected chi connectivity index (χ2v) is 7.81. The third-order valence-electron chi connectivity index (χ3n) is 3.57. The van der Waals surface area contributed by atoms with Crippen molar-refractivity contribution >= 4 is 49.7 Å². The number of halogens is 2. The standard InChI is InChI=1S/C17H16ClFN4O2S/c1-2-9-26(24,25)23-14-6-4-12(19)17(16(14)18)22-11-3-5-13-15(10-11)21-8-7-20-13/h3-8,10,22-23H,2,9H2,1H3. The van der Waals surface area contributed by atoms with E-state index in [0.717, 1.165) is 6.07 Å². The second-order valence-electron chi connectivity index (χ2n) is 5.59. The molecule has 6 nitrogen and oxygen atoms in total. The normalized spacial score (nSPS) is 11.5. The summed E-state index contributed by atoms with van der Waals surface area (Å²) in [6.07, 6.45) is 3.60. The lowest BCUT2D eigenvalue weighted by molar-refractivity contribution is 0.599. The van der Waals surface area contributed by atoms with Crippen molar-refractivity contribution in [1.82, 2.24) is 9.97 Å². The van der Waals surface area contributed by atoms with E-state index in [0.29, 0.717) is 23.1 Å². The minimum atomic E-state index is -3.54. The van der Waals surface area contributed by atoms with Gasteiger partial charge in [0.25, 0.3) is 0 Å². The van der Waals surface area contributed by atoms with Crippen LogP contribution < -0.4 is 10.0 Å². The lowest BCUT2D eigenvalue weighted by atomic mass is 10.2. The summed E-state index contributed by atoms with van der Waals surface area (Å²) < 4.78 is 40.5. The Kier molecular flexibility index (Phi) is 5.24. The highest BCUT2D eigenvalue weighted by Gasteiger charge is 2.17. The second kappa shape index (κ2) is 7.43. The molecule has 26 heavy (non-hydrogen) atoms. The van der Waals surface area contributed by atoms with Crippen LogP contribution in [0.2, 0.25) is 5.02 Å². The van der Waals surface area contributed by atoms with Gasteiger partial charge in [-0.1, -0.05) is 18.5 Å². The zero-order valence-corrected chi connectivity index (χ0v) is 15.4. The maximum atomic E-state index is 14.3. The number of sulfonamides is 1. The molecule has 0 aliphatic rings. The molecule has 0 saturated heterocycles. The van der Waals surface area contributed by atoms with Crippen LogP contribution in [0, 0.1) is 5.82 Å². The van der Waals surface area contributed by atoms with Gasteiger partial charge in [-0.3, -0.25) is 14.7 Å². The number of nitrogens with zero attached hydrogens (tertiary/aromatic N) is 2. The molecule has 0 aliphatic carbocycles. The first-order chi connectivity index (χ1) is 12.4. The zero-order valence-electron chi connectivity index (χ0n) is 13.8. The molecule has 9 heteroatoms. The van der Waals surface area contributed by atoms with Gasteiger partial charge < -0.3 is 5.32 Å². The van der Waals surface area contributed by atoms with Gasteiger partial charge >= 0.3 is 0 Å². The zero-order chi connectivity index (χ0) is 18.7. The highest BCUT2D eigenvalue weighted by atomic mass is 35.5. The summed E-state index contributed by atoms with van der Waals surface area (Å²) in [6, 6.07) is 7.60. The first kappa shape index (κ1) is 18.3. The van der Waals surface area contributed by atoms with Crippen molar-refractivity contribution in [3.63, 3.8) is 0 Å². The molecule has 0 unspecified atom stereocenters. The fourth-order valence-electron chi connectivity index (χ4n) is 2.42. The molecule has 0 bridgehead atoms. The van der Waals surface area contributed by atoms with Crippen LogP contribution in [0.4, 0.5) is 21.5 Å². The fourth-order valence-corrected chi connectivity index (χ4v) is 3.87. The Morgan fingerprint density at radius 2 is 1.85 bits per heavy atom. The van der Waals surface area contributed by atoms with Crippen molar-refractivity contribution in [2.45, 2.75) is 13.3 Å². The van der Waals surface area contributed by atoms with Crippen molar-refractivity contribution in [1.29, 1.82) is 0 Å². The van der Waals surface area contributed by atoms with E-state index in [4.69, 9.17) is 11.6 Å². The van der Waals surface area contributed by atoms with Gasteiger partial charge in [0.15, 0.2) is 0 Å². The van der Waals surface area contributed by atoms with Crippen LogP contribution in [0.5, 0.6) is 0 Å². The quantitative estimate of drug-likeness (QED) is 0.650. The maximum absolute atomic E-state index is 14.3. The van der Waals surface area contributed by atoms with Crippen molar-refractivity contribution < 1.29 is 12.8 Å². The monoisotopic (exact) mass is 394 g/mol. The van der Waals surface area contributed by atoms with E-state index in [2.05, 4.69) is 20.0 Å². The molecule has 0 spiro atoms. The Bertz CT molecular complexity index is 1060. The molecule has 3 rings (SSSR count). The largest absolute Gasteiger partial charge is 0.352 e. The Hall–Kier alpha value is -2.45. The number of benzene rings is 2. The van der Waals surface area contributed by atoms with E-state index in [1.54, 1.807) is 37.5 Å². The molecule has 3 aromatic rings. The molecule has 1 aromatic heterocycles. The van der Waals surface area contributed by atoms with Crippen LogP contribution in [0.1, 0.15) is 13.3 Å². The summed E-state index contributed by atoms with van der Waals surface area (Å²) in [5.41, 5.74) is 1.98. The molecular formula is C17H16ClFN4O2S. The van der Waals surface area contributed by atoms with Gasteiger partial charge in [0, 0.05) is 18.1 Å². The molecule has 0 aliphatic heterocycles. The number of fused-ring (bicyclic) bond motifs is 1. The predicted molar refractivity (Wildman–Crippen MR) is 102 cm³/mol. The minimum Gasteiger partial charge on any atom is -0.352 e. The summed E-state index contributed by atoms with van der Waals surface area (Å²) in [7, 11) is -3.54. The average Bonchev–Trinajstić information content (AvgIpc) is 2.61. The number of hydrogen-bond donors (Lipinski definition) is 2. The molecule has 0 saturated carbocycles. The van der Waals surface area contributed by atoms with Gasteiger partial charge in [-0.2, -0.15) is 0 Å². The number of anilines is 3. The summed E-state index contributed by atoms with van der Waals surface area (Å²) in [5.74, 6) is -0.653. The molecule has 2 N–H and O–H groups in total. The van der Waals surface area contributed by atoms with Crippen LogP contribution in [0.25, 0.3) is 11.0 Å². The molecule has 136 valence electrons.